The van der Waals surface area contributed by atoms with Crippen molar-refractivity contribution in [1.82, 2.24) is 15.1 Å². The number of hydrogen-bond acceptors (Lipinski definition) is 5. The number of fused-ring (bicyclic) bond motifs is 2. The highest BCUT2D eigenvalue weighted by molar-refractivity contribution is 5.89. The van der Waals surface area contributed by atoms with Crippen LogP contribution in [0.15, 0.2) is 10.6 Å². The van der Waals surface area contributed by atoms with Crippen LogP contribution in [-0.2, 0) is 0 Å². The first-order chi connectivity index (χ1) is 8.58. The number of hydrogen-bond donors (Lipinski definition) is 2. The number of primary amides is 1. The minimum absolute atomic E-state index is 0.0281. The van der Waals surface area contributed by atoms with Crippen LogP contribution in [0.3, 0.4) is 0 Å². The van der Waals surface area contributed by atoms with Gasteiger partial charge in [-0.15, -0.1) is 0 Å². The number of hydroxylamine groups is 2. The third-order valence-corrected chi connectivity index (χ3v) is 3.46. The van der Waals surface area contributed by atoms with E-state index in [1.54, 1.807) is 0 Å². The van der Waals surface area contributed by atoms with E-state index in [0.29, 0.717) is 25.1 Å². The average Bonchev–Trinajstić information content (AvgIpc) is 2.92. The van der Waals surface area contributed by atoms with Gasteiger partial charge in [0.05, 0.1) is 12.1 Å². The molecule has 2 saturated heterocycles. The van der Waals surface area contributed by atoms with Crippen molar-refractivity contribution in [2.24, 2.45) is 5.73 Å². The quantitative estimate of drug-likeness (QED) is 0.725. The lowest BCUT2D eigenvalue weighted by atomic mass is 9.98. The van der Waals surface area contributed by atoms with Crippen LogP contribution in [0.4, 0.5) is 4.79 Å². The van der Waals surface area contributed by atoms with Gasteiger partial charge < -0.3 is 15.2 Å². The molecule has 18 heavy (non-hydrogen) atoms. The summed E-state index contributed by atoms with van der Waals surface area (Å²) in [6.07, 6.45) is 1.35. The Labute approximate surface area is 102 Å². The van der Waals surface area contributed by atoms with Crippen LogP contribution in [0, 0.1) is 0 Å². The van der Waals surface area contributed by atoms with E-state index in [-0.39, 0.29) is 17.8 Å². The molecule has 0 saturated carbocycles. The molecule has 1 aromatic heterocycles. The molecule has 0 aliphatic carbocycles. The number of nitrogens with zero attached hydrogens (tertiary/aromatic N) is 3. The second-order valence-electron chi connectivity index (χ2n) is 4.51. The summed E-state index contributed by atoms with van der Waals surface area (Å²) in [5.41, 5.74) is 5.57. The van der Waals surface area contributed by atoms with Crippen LogP contribution < -0.4 is 5.73 Å². The SMILES string of the molecule is NC(=O)c1cc([C@@H]2CC[C@@H]3CN2C(=O)N3O)no1. The molecule has 3 N–H and O–H groups in total. The maximum absolute atomic E-state index is 11.8. The van der Waals surface area contributed by atoms with Gasteiger partial charge in [-0.2, -0.15) is 0 Å². The fraction of sp³-hybridized carbons (Fsp3) is 0.500. The molecule has 2 aliphatic heterocycles. The molecule has 96 valence electrons. The van der Waals surface area contributed by atoms with E-state index in [9.17, 15) is 14.8 Å². The molecule has 1 aromatic rings. The molecule has 3 heterocycles. The van der Waals surface area contributed by atoms with Crippen molar-refractivity contribution < 1.29 is 19.3 Å². The first-order valence-electron chi connectivity index (χ1n) is 5.63. The van der Waals surface area contributed by atoms with Crippen LogP contribution in [0.1, 0.15) is 35.1 Å². The number of rotatable bonds is 2. The monoisotopic (exact) mass is 252 g/mol. The van der Waals surface area contributed by atoms with Gasteiger partial charge in [-0.25, -0.2) is 9.86 Å². The molecule has 2 atom stereocenters. The minimum atomic E-state index is -0.695. The summed E-state index contributed by atoms with van der Waals surface area (Å²) in [6, 6.07) is 0.575. The Hall–Kier alpha value is -2.09. The molecule has 8 nitrogen and oxygen atoms in total. The van der Waals surface area contributed by atoms with Gasteiger partial charge >= 0.3 is 6.03 Å². The summed E-state index contributed by atoms with van der Waals surface area (Å²) in [6.45, 7) is 0.457. The maximum atomic E-state index is 11.8. The molecular formula is C10H12N4O4. The van der Waals surface area contributed by atoms with Gasteiger partial charge in [-0.3, -0.25) is 10.0 Å². The molecule has 2 aliphatic rings. The molecule has 3 amide bonds. The van der Waals surface area contributed by atoms with Crippen molar-refractivity contribution in [1.29, 1.82) is 0 Å². The zero-order chi connectivity index (χ0) is 12.9. The van der Waals surface area contributed by atoms with Crippen molar-refractivity contribution in [2.75, 3.05) is 6.54 Å². The van der Waals surface area contributed by atoms with E-state index in [1.165, 1.54) is 11.0 Å². The van der Waals surface area contributed by atoms with Crippen molar-refractivity contribution in [3.8, 4) is 0 Å². The Morgan fingerprint density at radius 1 is 1.56 bits per heavy atom. The van der Waals surface area contributed by atoms with Crippen molar-refractivity contribution in [2.45, 2.75) is 24.9 Å². The smallest absolute Gasteiger partial charge is 0.344 e. The maximum Gasteiger partial charge on any atom is 0.344 e. The Kier molecular flexibility index (Phi) is 2.27. The lowest BCUT2D eigenvalue weighted by molar-refractivity contribution is -0.0584. The summed E-state index contributed by atoms with van der Waals surface area (Å²) in [4.78, 5) is 24.2. The van der Waals surface area contributed by atoms with Crippen LogP contribution in [0.25, 0.3) is 0 Å². The lowest BCUT2D eigenvalue weighted by Crippen LogP contribution is -2.34. The number of nitrogens with two attached hydrogens (primary N) is 1. The number of piperidine rings is 1. The largest absolute Gasteiger partial charge is 0.363 e. The predicted molar refractivity (Wildman–Crippen MR) is 56.5 cm³/mol. The third kappa shape index (κ3) is 1.46. The molecule has 2 fully saturated rings. The van der Waals surface area contributed by atoms with E-state index in [2.05, 4.69) is 5.16 Å². The zero-order valence-corrected chi connectivity index (χ0v) is 9.44. The standard InChI is InChI=1S/C10H12N4O4/c11-9(15)8-3-6(12-18-8)7-2-1-5-4-13(7)10(16)14(5)17/h3,5,7,17H,1-2,4H2,(H2,11,15)/t5-,7+/m1/s1. The van der Waals surface area contributed by atoms with Crippen molar-refractivity contribution in [3.63, 3.8) is 0 Å². The van der Waals surface area contributed by atoms with Crippen LogP contribution in [-0.4, -0.2) is 44.9 Å². The minimum Gasteiger partial charge on any atom is -0.363 e. The highest BCUT2D eigenvalue weighted by Crippen LogP contribution is 2.37. The Balaban J connectivity index is 1.88. The second kappa shape index (κ2) is 3.70. The van der Waals surface area contributed by atoms with Gasteiger partial charge in [-0.1, -0.05) is 5.16 Å². The van der Waals surface area contributed by atoms with E-state index in [0.717, 1.165) is 5.06 Å². The van der Waals surface area contributed by atoms with E-state index in [1.807, 2.05) is 0 Å². The molecule has 2 bridgehead atoms. The fourth-order valence-electron chi connectivity index (χ4n) is 2.52. The average molecular weight is 252 g/mol. The van der Waals surface area contributed by atoms with Crippen LogP contribution in [0.5, 0.6) is 0 Å². The molecule has 0 radical (unpaired) electrons. The highest BCUT2D eigenvalue weighted by atomic mass is 16.5. The van der Waals surface area contributed by atoms with E-state index in [4.69, 9.17) is 10.3 Å². The molecule has 0 spiro atoms. The Morgan fingerprint density at radius 2 is 2.33 bits per heavy atom. The highest BCUT2D eigenvalue weighted by Gasteiger charge is 2.45. The summed E-state index contributed by atoms with van der Waals surface area (Å²) in [5, 5.41) is 14.1. The summed E-state index contributed by atoms with van der Waals surface area (Å²) >= 11 is 0. The topological polar surface area (TPSA) is 113 Å². The molecule has 3 rings (SSSR count). The number of carbonyl (C=O) groups is 2. The summed E-state index contributed by atoms with van der Waals surface area (Å²) < 4.78 is 4.81. The van der Waals surface area contributed by atoms with Crippen LogP contribution in [0.2, 0.25) is 0 Å². The fourth-order valence-corrected chi connectivity index (χ4v) is 2.52. The number of amides is 3. The summed E-state index contributed by atoms with van der Waals surface area (Å²) in [7, 11) is 0. The molecular weight excluding hydrogens is 240 g/mol. The van der Waals surface area contributed by atoms with Gasteiger partial charge in [0.1, 0.15) is 5.69 Å². The summed E-state index contributed by atoms with van der Waals surface area (Å²) in [5.74, 6) is -0.724. The normalized spacial score (nSPS) is 26.8. The first kappa shape index (κ1) is 11.0. The van der Waals surface area contributed by atoms with Crippen molar-refractivity contribution >= 4 is 11.9 Å². The number of carbonyl (C=O) groups excluding carboxylic acids is 2. The van der Waals surface area contributed by atoms with Crippen molar-refractivity contribution in [3.05, 3.63) is 17.5 Å². The second-order valence-corrected chi connectivity index (χ2v) is 4.51. The lowest BCUT2D eigenvalue weighted by Gasteiger charge is -2.28. The van der Waals surface area contributed by atoms with Crippen LogP contribution >= 0.6 is 0 Å². The van der Waals surface area contributed by atoms with Gasteiger partial charge in [0, 0.05) is 12.6 Å². The number of urea groups is 1. The molecule has 8 heteroatoms. The predicted octanol–water partition coefficient (Wildman–Crippen LogP) is 0.104. The van der Waals surface area contributed by atoms with Gasteiger partial charge in [0.2, 0.25) is 5.76 Å². The van der Waals surface area contributed by atoms with E-state index < -0.39 is 11.9 Å². The Bertz CT molecular complexity index is 514. The van der Waals surface area contributed by atoms with E-state index >= 15 is 0 Å². The zero-order valence-electron chi connectivity index (χ0n) is 9.44. The number of aromatic nitrogens is 1. The first-order valence-corrected chi connectivity index (χ1v) is 5.63. The van der Waals surface area contributed by atoms with Gasteiger partial charge in [0.25, 0.3) is 5.91 Å². The third-order valence-electron chi connectivity index (χ3n) is 3.46. The van der Waals surface area contributed by atoms with Gasteiger partial charge in [-0.05, 0) is 12.8 Å². The molecule has 0 unspecified atom stereocenters. The Morgan fingerprint density at radius 3 is 3.00 bits per heavy atom. The molecule has 0 aromatic carbocycles. The van der Waals surface area contributed by atoms with Gasteiger partial charge in [0.15, 0.2) is 0 Å².